The highest BCUT2D eigenvalue weighted by Gasteiger charge is 2.17. The molecule has 2 aromatic rings. The lowest BCUT2D eigenvalue weighted by Gasteiger charge is -2.08. The fourth-order valence-corrected chi connectivity index (χ4v) is 3.82. The van der Waals surface area contributed by atoms with Gasteiger partial charge in [0.25, 0.3) is 0 Å². The van der Waals surface area contributed by atoms with Crippen LogP contribution in [0.4, 0.5) is 5.95 Å². The molecule has 1 fully saturated rings. The first kappa shape index (κ1) is 11.3. The highest BCUT2D eigenvalue weighted by Crippen LogP contribution is 2.30. The van der Waals surface area contributed by atoms with Gasteiger partial charge in [0.05, 0.1) is 6.10 Å². The van der Waals surface area contributed by atoms with Gasteiger partial charge >= 0.3 is 0 Å². The summed E-state index contributed by atoms with van der Waals surface area (Å²) in [6, 6.07) is 2.05. The first-order valence-electron chi connectivity index (χ1n) is 5.58. The molecule has 2 aromatic heterocycles. The number of aromatic nitrogens is 2. The zero-order valence-electron chi connectivity index (χ0n) is 9.26. The Labute approximate surface area is 108 Å². The summed E-state index contributed by atoms with van der Waals surface area (Å²) in [5, 5.41) is 4.10. The predicted octanol–water partition coefficient (Wildman–Crippen LogP) is 2.54. The van der Waals surface area contributed by atoms with Crippen LogP contribution in [0.3, 0.4) is 0 Å². The number of thiophene rings is 1. The normalized spacial score (nSPS) is 20.1. The number of nitrogens with zero attached hydrogens (tertiary/aromatic N) is 2. The second-order valence-corrected chi connectivity index (χ2v) is 5.88. The number of hydrogen-bond acceptors (Lipinski definition) is 6. The zero-order valence-corrected chi connectivity index (χ0v) is 10.9. The molecule has 3 rings (SSSR count). The largest absolute Gasteiger partial charge is 0.377 e. The monoisotopic (exact) mass is 267 g/mol. The number of fused-ring (bicyclic) bond motifs is 1. The van der Waals surface area contributed by atoms with E-state index in [1.165, 1.54) is 6.42 Å². The van der Waals surface area contributed by atoms with E-state index in [4.69, 9.17) is 10.5 Å². The van der Waals surface area contributed by atoms with Gasteiger partial charge in [-0.2, -0.15) is 0 Å². The third kappa shape index (κ3) is 2.38. The molecule has 4 nitrogen and oxygen atoms in total. The molecular weight excluding hydrogens is 254 g/mol. The van der Waals surface area contributed by atoms with Gasteiger partial charge in [0.1, 0.15) is 9.86 Å². The molecule has 0 amide bonds. The first-order valence-corrected chi connectivity index (χ1v) is 7.44. The van der Waals surface area contributed by atoms with E-state index in [1.54, 1.807) is 23.1 Å². The Kier molecular flexibility index (Phi) is 3.17. The van der Waals surface area contributed by atoms with Gasteiger partial charge in [-0.25, -0.2) is 9.97 Å². The summed E-state index contributed by atoms with van der Waals surface area (Å²) >= 11 is 3.31. The van der Waals surface area contributed by atoms with E-state index in [0.29, 0.717) is 12.1 Å². The van der Waals surface area contributed by atoms with Crippen LogP contribution in [0.5, 0.6) is 0 Å². The molecule has 0 aromatic carbocycles. The topological polar surface area (TPSA) is 61.0 Å². The van der Waals surface area contributed by atoms with Crippen LogP contribution in [-0.2, 0) is 4.74 Å². The summed E-state index contributed by atoms with van der Waals surface area (Å²) in [6.45, 7) is 0.894. The second-order valence-electron chi connectivity index (χ2n) is 3.97. The molecule has 1 saturated heterocycles. The van der Waals surface area contributed by atoms with Gasteiger partial charge in [0, 0.05) is 17.7 Å². The molecule has 0 bridgehead atoms. The summed E-state index contributed by atoms with van der Waals surface area (Å²) in [6.07, 6.45) is 2.69. The van der Waals surface area contributed by atoms with E-state index < -0.39 is 0 Å². The maximum absolute atomic E-state index is 5.71. The summed E-state index contributed by atoms with van der Waals surface area (Å²) < 4.78 is 5.61. The molecule has 0 saturated carbocycles. The van der Waals surface area contributed by atoms with Gasteiger partial charge in [0.2, 0.25) is 5.95 Å². The number of nitrogen functional groups attached to an aromatic ring is 1. The number of rotatable bonds is 3. The lowest BCUT2D eigenvalue weighted by atomic mass is 10.3. The summed E-state index contributed by atoms with van der Waals surface area (Å²) in [4.78, 5) is 9.50. The van der Waals surface area contributed by atoms with Crippen molar-refractivity contribution in [1.82, 2.24) is 9.97 Å². The van der Waals surface area contributed by atoms with Gasteiger partial charge in [0.15, 0.2) is 0 Å². The third-order valence-electron chi connectivity index (χ3n) is 2.74. The molecule has 1 aliphatic rings. The maximum atomic E-state index is 5.71. The van der Waals surface area contributed by atoms with E-state index in [-0.39, 0.29) is 0 Å². The van der Waals surface area contributed by atoms with Crippen molar-refractivity contribution in [3.8, 4) is 0 Å². The number of hydrogen-bond donors (Lipinski definition) is 1. The van der Waals surface area contributed by atoms with Crippen LogP contribution < -0.4 is 5.73 Å². The maximum Gasteiger partial charge on any atom is 0.222 e. The second kappa shape index (κ2) is 4.80. The van der Waals surface area contributed by atoms with Gasteiger partial charge in [-0.3, -0.25) is 0 Å². The number of ether oxygens (including phenoxy) is 1. The lowest BCUT2D eigenvalue weighted by Crippen LogP contribution is -2.08. The molecular formula is C11H13N3OS2. The van der Waals surface area contributed by atoms with E-state index in [0.717, 1.165) is 34.0 Å². The molecule has 0 spiro atoms. The smallest absolute Gasteiger partial charge is 0.222 e. The minimum absolute atomic E-state index is 0.356. The Balaban J connectivity index is 1.81. The number of thioether (sulfide) groups is 1. The quantitative estimate of drug-likeness (QED) is 0.684. The van der Waals surface area contributed by atoms with Crippen LogP contribution in [0.15, 0.2) is 16.5 Å². The van der Waals surface area contributed by atoms with Crippen molar-refractivity contribution in [1.29, 1.82) is 0 Å². The Hall–Kier alpha value is -0.850. The molecule has 1 unspecified atom stereocenters. The minimum atomic E-state index is 0.356. The van der Waals surface area contributed by atoms with Crippen LogP contribution in [-0.4, -0.2) is 28.4 Å². The molecule has 17 heavy (non-hydrogen) atoms. The summed E-state index contributed by atoms with van der Waals surface area (Å²) in [7, 11) is 0. The van der Waals surface area contributed by atoms with Crippen molar-refractivity contribution >= 4 is 39.3 Å². The average Bonchev–Trinajstić information content (AvgIpc) is 2.95. The van der Waals surface area contributed by atoms with Crippen molar-refractivity contribution in [3.63, 3.8) is 0 Å². The molecule has 6 heteroatoms. The highest BCUT2D eigenvalue weighted by molar-refractivity contribution is 7.99. The molecule has 3 heterocycles. The Bertz CT molecular complexity index is 522. The Morgan fingerprint density at radius 3 is 3.29 bits per heavy atom. The van der Waals surface area contributed by atoms with Gasteiger partial charge in [-0.05, 0) is 24.3 Å². The van der Waals surface area contributed by atoms with E-state index in [2.05, 4.69) is 16.0 Å². The van der Waals surface area contributed by atoms with Crippen LogP contribution in [0.2, 0.25) is 0 Å². The Morgan fingerprint density at radius 2 is 2.47 bits per heavy atom. The molecule has 2 N–H and O–H groups in total. The first-order chi connectivity index (χ1) is 8.33. The van der Waals surface area contributed by atoms with Crippen molar-refractivity contribution in [3.05, 3.63) is 11.4 Å². The van der Waals surface area contributed by atoms with Crippen molar-refractivity contribution in [2.45, 2.75) is 24.0 Å². The molecule has 1 atom stereocenters. The van der Waals surface area contributed by atoms with E-state index in [1.807, 2.05) is 5.38 Å². The van der Waals surface area contributed by atoms with Crippen LogP contribution in [0, 0.1) is 0 Å². The van der Waals surface area contributed by atoms with Gasteiger partial charge in [-0.15, -0.1) is 23.1 Å². The van der Waals surface area contributed by atoms with Crippen LogP contribution in [0.25, 0.3) is 10.2 Å². The average molecular weight is 267 g/mol. The summed E-state index contributed by atoms with van der Waals surface area (Å²) in [5.74, 6) is 1.30. The number of nitrogens with two attached hydrogens (primary N) is 1. The van der Waals surface area contributed by atoms with Crippen molar-refractivity contribution < 1.29 is 4.74 Å². The van der Waals surface area contributed by atoms with Gasteiger partial charge < -0.3 is 10.5 Å². The third-order valence-corrected chi connectivity index (χ3v) is 4.67. The van der Waals surface area contributed by atoms with E-state index in [9.17, 15) is 0 Å². The highest BCUT2D eigenvalue weighted by atomic mass is 32.2. The van der Waals surface area contributed by atoms with Gasteiger partial charge in [-0.1, -0.05) is 0 Å². The molecule has 0 aliphatic carbocycles. The molecule has 90 valence electrons. The minimum Gasteiger partial charge on any atom is -0.377 e. The predicted molar refractivity (Wildman–Crippen MR) is 71.5 cm³/mol. The fourth-order valence-electron chi connectivity index (χ4n) is 1.90. The summed E-state index contributed by atoms with van der Waals surface area (Å²) in [5.41, 5.74) is 5.71. The Morgan fingerprint density at radius 1 is 1.53 bits per heavy atom. The SMILES string of the molecule is Nc1nc(SCC2CCCO2)c2ccsc2n1. The zero-order chi connectivity index (χ0) is 11.7. The van der Waals surface area contributed by atoms with Crippen LogP contribution >= 0.6 is 23.1 Å². The lowest BCUT2D eigenvalue weighted by molar-refractivity contribution is 0.129. The number of anilines is 1. The van der Waals surface area contributed by atoms with Crippen LogP contribution in [0.1, 0.15) is 12.8 Å². The molecule has 1 aliphatic heterocycles. The fraction of sp³-hybridized carbons (Fsp3) is 0.455. The standard InChI is InChI=1S/C11H13N3OS2/c12-11-13-9-8(3-5-16-9)10(14-11)17-6-7-2-1-4-15-7/h3,5,7H,1-2,4,6H2,(H2,12,13,14). The van der Waals surface area contributed by atoms with Crippen molar-refractivity contribution in [2.75, 3.05) is 18.1 Å². The molecule has 0 radical (unpaired) electrons. The van der Waals surface area contributed by atoms with Crippen molar-refractivity contribution in [2.24, 2.45) is 0 Å². The van der Waals surface area contributed by atoms with E-state index >= 15 is 0 Å².